The first kappa shape index (κ1) is 14.8. The predicted octanol–water partition coefficient (Wildman–Crippen LogP) is 3.25. The number of nitrogens with two attached hydrogens (primary N) is 1. The molecular weight excluding hydrogens is 231 g/mol. The molecule has 2 N–H and O–H groups in total. The van der Waals surface area contributed by atoms with Crippen LogP contribution >= 0.6 is 0 Å². The third-order valence-corrected chi connectivity index (χ3v) is 2.89. The summed E-state index contributed by atoms with van der Waals surface area (Å²) in [5, 5.41) is 0. The molecule has 0 aliphatic rings. The lowest BCUT2D eigenvalue weighted by molar-refractivity contribution is -0.00574. The molecule has 1 unspecified atom stereocenters. The molecule has 18 heavy (non-hydrogen) atoms. The second kappa shape index (κ2) is 6.05. The van der Waals surface area contributed by atoms with Gasteiger partial charge in [-0.05, 0) is 46.8 Å². The van der Waals surface area contributed by atoms with E-state index in [1.807, 2.05) is 6.92 Å². The second-order valence-electron chi connectivity index (χ2n) is 5.04. The molecule has 0 heterocycles. The molecule has 0 aliphatic carbocycles. The third-order valence-electron chi connectivity index (χ3n) is 2.89. The van der Waals surface area contributed by atoms with Crippen LogP contribution in [-0.2, 0) is 0 Å². The van der Waals surface area contributed by atoms with Gasteiger partial charge >= 0.3 is 0 Å². The van der Waals surface area contributed by atoms with E-state index in [4.69, 9.17) is 10.5 Å². The Morgan fingerprint density at radius 2 is 1.67 bits per heavy atom. The van der Waals surface area contributed by atoms with Crippen LogP contribution < -0.4 is 10.5 Å². The first-order valence-corrected chi connectivity index (χ1v) is 6.32. The number of rotatable bonds is 5. The maximum Gasteiger partial charge on any atom is 0.150 e. The Bertz CT molecular complexity index is 385. The summed E-state index contributed by atoms with van der Waals surface area (Å²) < 4.78 is 19.1. The Balaban J connectivity index is 2.79. The first-order chi connectivity index (χ1) is 8.32. The van der Waals surface area contributed by atoms with Gasteiger partial charge in [-0.15, -0.1) is 0 Å². The predicted molar refractivity (Wildman–Crippen MR) is 73.0 cm³/mol. The molecule has 3 nitrogen and oxygen atoms in total. The molecule has 1 aromatic carbocycles. The van der Waals surface area contributed by atoms with Crippen LogP contribution in [0.25, 0.3) is 0 Å². The minimum absolute atomic E-state index is 0.118. The number of benzene rings is 1. The van der Waals surface area contributed by atoms with E-state index in [0.29, 0.717) is 17.8 Å². The molecule has 0 saturated carbocycles. The zero-order chi connectivity index (χ0) is 13.9. The van der Waals surface area contributed by atoms with Crippen molar-refractivity contribution in [3.8, 4) is 5.75 Å². The summed E-state index contributed by atoms with van der Waals surface area (Å²) in [6.45, 7) is 10.4. The number of halogens is 1. The van der Waals surface area contributed by atoms with Crippen molar-refractivity contribution >= 4 is 5.69 Å². The highest BCUT2D eigenvalue weighted by atomic mass is 19.1. The SMILES string of the molecule is CC(C)N(C(C)C)C(C)Oc1ccc(N)c(F)c1. The number of ether oxygens (including phenoxy) is 1. The molecule has 0 aromatic heterocycles. The summed E-state index contributed by atoms with van der Waals surface area (Å²) in [4.78, 5) is 2.22. The average molecular weight is 254 g/mol. The van der Waals surface area contributed by atoms with E-state index in [2.05, 4.69) is 32.6 Å². The summed E-state index contributed by atoms with van der Waals surface area (Å²) in [6.07, 6.45) is -0.118. The summed E-state index contributed by atoms with van der Waals surface area (Å²) in [6, 6.07) is 5.25. The van der Waals surface area contributed by atoms with Crippen molar-refractivity contribution in [3.05, 3.63) is 24.0 Å². The van der Waals surface area contributed by atoms with Gasteiger partial charge in [0, 0.05) is 18.2 Å². The van der Waals surface area contributed by atoms with Crippen LogP contribution in [-0.4, -0.2) is 23.2 Å². The minimum atomic E-state index is -0.444. The molecular formula is C14H23FN2O. The Morgan fingerprint density at radius 1 is 1.11 bits per heavy atom. The quantitative estimate of drug-likeness (QED) is 0.647. The summed E-state index contributed by atoms with van der Waals surface area (Å²) >= 11 is 0. The van der Waals surface area contributed by atoms with Crippen LogP contribution in [0, 0.1) is 5.82 Å². The Hall–Kier alpha value is -1.29. The maximum atomic E-state index is 13.3. The van der Waals surface area contributed by atoms with E-state index in [1.165, 1.54) is 12.1 Å². The lowest BCUT2D eigenvalue weighted by Gasteiger charge is -2.36. The molecule has 0 aliphatic heterocycles. The van der Waals surface area contributed by atoms with Gasteiger partial charge in [-0.25, -0.2) is 4.39 Å². The van der Waals surface area contributed by atoms with Crippen molar-refractivity contribution in [2.75, 3.05) is 5.73 Å². The monoisotopic (exact) mass is 254 g/mol. The third kappa shape index (κ3) is 3.60. The second-order valence-corrected chi connectivity index (χ2v) is 5.04. The normalized spacial score (nSPS) is 13.4. The molecule has 102 valence electrons. The number of hydrogen-bond acceptors (Lipinski definition) is 3. The van der Waals surface area contributed by atoms with E-state index in [1.54, 1.807) is 6.07 Å². The summed E-state index contributed by atoms with van der Waals surface area (Å²) in [7, 11) is 0. The topological polar surface area (TPSA) is 38.5 Å². The number of nitrogens with zero attached hydrogens (tertiary/aromatic N) is 1. The van der Waals surface area contributed by atoms with Crippen molar-refractivity contribution < 1.29 is 9.13 Å². The van der Waals surface area contributed by atoms with Crippen molar-refractivity contribution in [1.82, 2.24) is 4.90 Å². The van der Waals surface area contributed by atoms with Crippen molar-refractivity contribution in [1.29, 1.82) is 0 Å². The zero-order valence-electron chi connectivity index (χ0n) is 11.8. The highest BCUT2D eigenvalue weighted by Crippen LogP contribution is 2.21. The smallest absolute Gasteiger partial charge is 0.150 e. The van der Waals surface area contributed by atoms with Crippen molar-refractivity contribution in [2.24, 2.45) is 0 Å². The van der Waals surface area contributed by atoms with Gasteiger partial charge in [-0.2, -0.15) is 0 Å². The van der Waals surface area contributed by atoms with Gasteiger partial charge in [0.2, 0.25) is 0 Å². The molecule has 1 atom stereocenters. The standard InChI is InChI=1S/C14H23FN2O/c1-9(2)17(10(3)4)11(5)18-12-6-7-14(16)13(15)8-12/h6-11H,16H2,1-5H3. The van der Waals surface area contributed by atoms with Crippen molar-refractivity contribution in [3.63, 3.8) is 0 Å². The van der Waals surface area contributed by atoms with Gasteiger partial charge in [0.25, 0.3) is 0 Å². The van der Waals surface area contributed by atoms with E-state index in [9.17, 15) is 4.39 Å². The van der Waals surface area contributed by atoms with Crippen molar-refractivity contribution in [2.45, 2.75) is 52.9 Å². The van der Waals surface area contributed by atoms with E-state index in [-0.39, 0.29) is 11.9 Å². The molecule has 1 aromatic rings. The van der Waals surface area contributed by atoms with Crippen LogP contribution in [0.3, 0.4) is 0 Å². The molecule has 0 bridgehead atoms. The maximum absolute atomic E-state index is 13.3. The zero-order valence-corrected chi connectivity index (χ0v) is 11.8. The van der Waals surface area contributed by atoms with E-state index in [0.717, 1.165) is 0 Å². The van der Waals surface area contributed by atoms with Gasteiger partial charge in [-0.1, -0.05) is 0 Å². The number of anilines is 1. The summed E-state index contributed by atoms with van der Waals surface area (Å²) in [5.41, 5.74) is 5.57. The van der Waals surface area contributed by atoms with Crippen LogP contribution in [0.15, 0.2) is 18.2 Å². The molecule has 0 fully saturated rings. The van der Waals surface area contributed by atoms with Gasteiger partial charge in [0.05, 0.1) is 5.69 Å². The highest BCUT2D eigenvalue weighted by molar-refractivity contribution is 5.43. The van der Waals surface area contributed by atoms with E-state index >= 15 is 0 Å². The van der Waals surface area contributed by atoms with Gasteiger partial charge < -0.3 is 10.5 Å². The molecule has 0 spiro atoms. The lowest BCUT2D eigenvalue weighted by atomic mass is 10.2. The Labute approximate surface area is 109 Å². The fraction of sp³-hybridized carbons (Fsp3) is 0.571. The molecule has 4 heteroatoms. The Kier molecular flexibility index (Phi) is 4.96. The molecule has 0 amide bonds. The van der Waals surface area contributed by atoms with E-state index < -0.39 is 5.82 Å². The minimum Gasteiger partial charge on any atom is -0.475 e. The van der Waals surface area contributed by atoms with Gasteiger partial charge in [0.1, 0.15) is 17.8 Å². The molecule has 0 saturated heterocycles. The summed E-state index contributed by atoms with van der Waals surface area (Å²) in [5.74, 6) is 0.0563. The van der Waals surface area contributed by atoms with Crippen LogP contribution in [0.5, 0.6) is 5.75 Å². The largest absolute Gasteiger partial charge is 0.475 e. The first-order valence-electron chi connectivity index (χ1n) is 6.32. The Morgan fingerprint density at radius 3 is 2.11 bits per heavy atom. The number of hydrogen-bond donors (Lipinski definition) is 1. The lowest BCUT2D eigenvalue weighted by Crippen LogP contribution is -2.46. The van der Waals surface area contributed by atoms with Crippen LogP contribution in [0.2, 0.25) is 0 Å². The fourth-order valence-electron chi connectivity index (χ4n) is 2.27. The van der Waals surface area contributed by atoms with Crippen LogP contribution in [0.1, 0.15) is 34.6 Å². The highest BCUT2D eigenvalue weighted by Gasteiger charge is 2.21. The van der Waals surface area contributed by atoms with Crippen LogP contribution in [0.4, 0.5) is 10.1 Å². The van der Waals surface area contributed by atoms with Gasteiger partial charge in [0.15, 0.2) is 0 Å². The molecule has 0 radical (unpaired) electrons. The average Bonchev–Trinajstić information content (AvgIpc) is 2.22. The van der Waals surface area contributed by atoms with Gasteiger partial charge in [-0.3, -0.25) is 4.90 Å². The fourth-order valence-corrected chi connectivity index (χ4v) is 2.27. The molecule has 1 rings (SSSR count). The number of nitrogen functional groups attached to an aromatic ring is 1.